The normalized spacial score (nSPS) is 10.5. The largest absolute Gasteiger partial charge is 0.497 e. The SMILES string of the molecule is COc1ccc(N(c2ccc(OC)cc2)c2ccc(N(c3ccc(OC)cc3)c3ccc(C(=O)O)cc3)cc2)cc1. The molecule has 0 atom stereocenters. The molecule has 0 saturated carbocycles. The maximum atomic E-state index is 11.5. The molecule has 0 fully saturated rings. The Hall–Kier alpha value is -5.43. The summed E-state index contributed by atoms with van der Waals surface area (Å²) in [5, 5.41) is 9.39. The number of hydrogen-bond donors (Lipinski definition) is 1. The first kappa shape index (κ1) is 27.1. The number of ether oxygens (including phenoxy) is 3. The number of hydrogen-bond acceptors (Lipinski definition) is 6. The molecular formula is C34H30N2O5. The van der Waals surface area contributed by atoms with Crippen molar-refractivity contribution in [1.82, 2.24) is 0 Å². The van der Waals surface area contributed by atoms with Crippen molar-refractivity contribution in [2.45, 2.75) is 0 Å². The fourth-order valence-corrected chi connectivity index (χ4v) is 4.59. The monoisotopic (exact) mass is 546 g/mol. The Kier molecular flexibility index (Phi) is 8.06. The summed E-state index contributed by atoms with van der Waals surface area (Å²) in [7, 11) is 4.94. The van der Waals surface area contributed by atoms with Gasteiger partial charge in [-0.25, -0.2) is 4.79 Å². The van der Waals surface area contributed by atoms with Crippen LogP contribution in [0.3, 0.4) is 0 Å². The minimum atomic E-state index is -0.964. The highest BCUT2D eigenvalue weighted by molar-refractivity contribution is 5.89. The van der Waals surface area contributed by atoms with E-state index in [-0.39, 0.29) is 5.56 Å². The smallest absolute Gasteiger partial charge is 0.335 e. The van der Waals surface area contributed by atoms with E-state index in [9.17, 15) is 9.90 Å². The Labute approximate surface area is 239 Å². The summed E-state index contributed by atoms with van der Waals surface area (Å²) in [6.45, 7) is 0. The lowest BCUT2D eigenvalue weighted by molar-refractivity contribution is 0.0697. The third kappa shape index (κ3) is 5.94. The zero-order valence-electron chi connectivity index (χ0n) is 23.0. The Morgan fingerprint density at radius 2 is 0.659 bits per heavy atom. The Morgan fingerprint density at radius 3 is 0.878 bits per heavy atom. The Bertz CT molecular complexity index is 1540. The van der Waals surface area contributed by atoms with Crippen LogP contribution in [-0.4, -0.2) is 32.4 Å². The van der Waals surface area contributed by atoms with Gasteiger partial charge in [0.1, 0.15) is 17.2 Å². The number of nitrogens with zero attached hydrogens (tertiary/aromatic N) is 2. The highest BCUT2D eigenvalue weighted by atomic mass is 16.5. The molecule has 0 heterocycles. The second kappa shape index (κ2) is 12.2. The van der Waals surface area contributed by atoms with Crippen molar-refractivity contribution < 1.29 is 24.1 Å². The van der Waals surface area contributed by atoms with Crippen LogP contribution in [0.1, 0.15) is 10.4 Å². The van der Waals surface area contributed by atoms with Crippen molar-refractivity contribution in [1.29, 1.82) is 0 Å². The van der Waals surface area contributed by atoms with Gasteiger partial charge in [-0.15, -0.1) is 0 Å². The lowest BCUT2D eigenvalue weighted by atomic mass is 10.1. The summed E-state index contributed by atoms with van der Waals surface area (Å²) in [6, 6.07) is 38.6. The van der Waals surface area contributed by atoms with Crippen LogP contribution in [0.25, 0.3) is 0 Å². The molecular weight excluding hydrogens is 516 g/mol. The van der Waals surface area contributed by atoms with E-state index in [4.69, 9.17) is 14.2 Å². The molecule has 5 aromatic carbocycles. The topological polar surface area (TPSA) is 71.5 Å². The van der Waals surface area contributed by atoms with Gasteiger partial charge in [-0.2, -0.15) is 0 Å². The summed E-state index contributed by atoms with van der Waals surface area (Å²) >= 11 is 0. The molecule has 0 aliphatic heterocycles. The highest BCUT2D eigenvalue weighted by Gasteiger charge is 2.17. The van der Waals surface area contributed by atoms with Crippen molar-refractivity contribution in [3.05, 3.63) is 127 Å². The average Bonchev–Trinajstić information content (AvgIpc) is 3.03. The minimum Gasteiger partial charge on any atom is -0.497 e. The molecule has 0 bridgehead atoms. The summed E-state index contributed by atoms with van der Waals surface area (Å²) < 4.78 is 16.1. The molecule has 7 heteroatoms. The predicted molar refractivity (Wildman–Crippen MR) is 162 cm³/mol. The van der Waals surface area contributed by atoms with Gasteiger partial charge in [-0.3, -0.25) is 0 Å². The van der Waals surface area contributed by atoms with Gasteiger partial charge in [0, 0.05) is 34.1 Å². The van der Waals surface area contributed by atoms with E-state index < -0.39 is 5.97 Å². The zero-order chi connectivity index (χ0) is 28.8. The first-order valence-electron chi connectivity index (χ1n) is 13.0. The average molecular weight is 547 g/mol. The fraction of sp³-hybridized carbons (Fsp3) is 0.0882. The molecule has 1 N–H and O–H groups in total. The molecule has 0 radical (unpaired) electrons. The number of anilines is 6. The van der Waals surface area contributed by atoms with Crippen molar-refractivity contribution in [3.63, 3.8) is 0 Å². The number of methoxy groups -OCH3 is 3. The number of carboxylic acid groups (broad SMARTS) is 1. The first-order valence-corrected chi connectivity index (χ1v) is 13.0. The molecule has 5 aromatic rings. The summed E-state index contributed by atoms with van der Waals surface area (Å²) in [5.74, 6) is 1.35. The minimum absolute atomic E-state index is 0.230. The van der Waals surface area contributed by atoms with Gasteiger partial charge in [-0.1, -0.05) is 0 Å². The van der Waals surface area contributed by atoms with Gasteiger partial charge in [0.2, 0.25) is 0 Å². The zero-order valence-corrected chi connectivity index (χ0v) is 23.0. The van der Waals surface area contributed by atoms with Crippen LogP contribution >= 0.6 is 0 Å². The molecule has 0 aromatic heterocycles. The molecule has 0 aliphatic rings. The van der Waals surface area contributed by atoms with E-state index in [2.05, 4.69) is 21.9 Å². The third-order valence-electron chi connectivity index (χ3n) is 6.73. The lowest BCUT2D eigenvalue weighted by Gasteiger charge is -2.28. The van der Waals surface area contributed by atoms with E-state index in [0.29, 0.717) is 0 Å². The second-order valence-corrected chi connectivity index (χ2v) is 9.13. The van der Waals surface area contributed by atoms with E-state index >= 15 is 0 Å². The molecule has 0 unspecified atom stereocenters. The van der Waals surface area contributed by atoms with Gasteiger partial charge >= 0.3 is 5.97 Å². The standard InChI is InChI=1S/C34H30N2O5/c1-39-31-18-12-28(13-19-31)35(25-6-4-24(5-7-25)34(37)38)26-8-10-27(11-9-26)36(29-14-20-32(40-2)21-15-29)30-16-22-33(41-3)23-17-30/h4-23H,1-3H3,(H,37,38). The van der Waals surface area contributed by atoms with E-state index in [0.717, 1.165) is 51.4 Å². The molecule has 0 saturated heterocycles. The molecule has 206 valence electrons. The van der Waals surface area contributed by atoms with Gasteiger partial charge in [0.25, 0.3) is 0 Å². The van der Waals surface area contributed by atoms with E-state index in [1.807, 2.05) is 97.1 Å². The molecule has 0 amide bonds. The van der Waals surface area contributed by atoms with E-state index in [1.54, 1.807) is 33.5 Å². The number of carboxylic acids is 1. The third-order valence-corrected chi connectivity index (χ3v) is 6.73. The van der Waals surface area contributed by atoms with Crippen LogP contribution in [0.5, 0.6) is 17.2 Å². The fourth-order valence-electron chi connectivity index (χ4n) is 4.59. The van der Waals surface area contributed by atoms with Gasteiger partial charge in [0.15, 0.2) is 0 Å². The maximum absolute atomic E-state index is 11.5. The Morgan fingerprint density at radius 1 is 0.439 bits per heavy atom. The van der Waals surface area contributed by atoms with Crippen LogP contribution in [0.15, 0.2) is 121 Å². The number of benzene rings is 5. The number of aromatic carboxylic acids is 1. The van der Waals surface area contributed by atoms with Gasteiger partial charge < -0.3 is 29.1 Å². The first-order chi connectivity index (χ1) is 20.0. The summed E-state index contributed by atoms with van der Waals surface area (Å²) in [5.41, 5.74) is 5.78. The van der Waals surface area contributed by atoms with Crippen LogP contribution in [0, 0.1) is 0 Å². The summed E-state index contributed by atoms with van der Waals surface area (Å²) in [6.07, 6.45) is 0. The van der Waals surface area contributed by atoms with Crippen molar-refractivity contribution in [3.8, 4) is 17.2 Å². The highest BCUT2D eigenvalue weighted by Crippen LogP contribution is 2.40. The predicted octanol–water partition coefficient (Wildman–Crippen LogP) is 8.35. The quantitative estimate of drug-likeness (QED) is 0.189. The molecule has 0 aliphatic carbocycles. The molecule has 5 rings (SSSR count). The Balaban J connectivity index is 1.56. The van der Waals surface area contributed by atoms with Crippen molar-refractivity contribution in [2.24, 2.45) is 0 Å². The second-order valence-electron chi connectivity index (χ2n) is 9.13. The lowest BCUT2D eigenvalue weighted by Crippen LogP contribution is -2.12. The van der Waals surface area contributed by atoms with Crippen molar-refractivity contribution in [2.75, 3.05) is 31.1 Å². The molecule has 0 spiro atoms. The van der Waals surface area contributed by atoms with Crippen LogP contribution in [0.4, 0.5) is 34.1 Å². The molecule has 41 heavy (non-hydrogen) atoms. The van der Waals surface area contributed by atoms with Crippen LogP contribution in [-0.2, 0) is 0 Å². The van der Waals surface area contributed by atoms with Crippen LogP contribution in [0.2, 0.25) is 0 Å². The van der Waals surface area contributed by atoms with Crippen molar-refractivity contribution >= 4 is 40.1 Å². The van der Waals surface area contributed by atoms with Gasteiger partial charge in [0.05, 0.1) is 26.9 Å². The molecule has 7 nitrogen and oxygen atoms in total. The van der Waals surface area contributed by atoms with E-state index in [1.165, 1.54) is 0 Å². The van der Waals surface area contributed by atoms with Crippen LogP contribution < -0.4 is 24.0 Å². The number of carbonyl (C=O) groups is 1. The summed E-state index contributed by atoms with van der Waals surface area (Å²) in [4.78, 5) is 15.7. The van der Waals surface area contributed by atoms with Gasteiger partial charge in [-0.05, 0) is 121 Å². The number of rotatable bonds is 10. The maximum Gasteiger partial charge on any atom is 0.335 e.